The maximum atomic E-state index is 5.37. The Morgan fingerprint density at radius 2 is 1.73 bits per heavy atom. The summed E-state index contributed by atoms with van der Waals surface area (Å²) < 4.78 is 10.7. The number of rotatable bonds is 6. The minimum absolute atomic E-state index is 0.680. The highest BCUT2D eigenvalue weighted by Gasteiger charge is 2.18. The standard InChI is InChI=1S/C19H27N5O2/c1-5-23-8-10-24(11-9-23)19-13-18(20-14(2)21-19)22-15-6-7-16(25-3)17(12-15)26-4/h6-7,12-13H,5,8-11H2,1-4H3,(H,20,21,22). The molecule has 3 rings (SSSR count). The molecule has 2 aromatic rings. The Hall–Kier alpha value is -2.54. The zero-order chi connectivity index (χ0) is 18.5. The van der Waals surface area contributed by atoms with Gasteiger partial charge in [0.05, 0.1) is 14.2 Å². The molecule has 7 nitrogen and oxygen atoms in total. The van der Waals surface area contributed by atoms with Crippen LogP contribution in [0.5, 0.6) is 11.5 Å². The molecular weight excluding hydrogens is 330 g/mol. The number of anilines is 3. The zero-order valence-corrected chi connectivity index (χ0v) is 16.0. The summed E-state index contributed by atoms with van der Waals surface area (Å²) in [4.78, 5) is 13.9. The summed E-state index contributed by atoms with van der Waals surface area (Å²) in [6.45, 7) is 9.33. The number of methoxy groups -OCH3 is 2. The molecule has 0 aliphatic carbocycles. The number of nitrogens with one attached hydrogen (secondary N) is 1. The van der Waals surface area contributed by atoms with Gasteiger partial charge in [-0.1, -0.05) is 6.92 Å². The molecule has 0 spiro atoms. The summed E-state index contributed by atoms with van der Waals surface area (Å²) in [6.07, 6.45) is 0. The quantitative estimate of drug-likeness (QED) is 0.853. The second-order valence-corrected chi connectivity index (χ2v) is 6.27. The van der Waals surface area contributed by atoms with Gasteiger partial charge in [-0.15, -0.1) is 0 Å². The Labute approximate surface area is 155 Å². The van der Waals surface area contributed by atoms with E-state index in [0.717, 1.165) is 55.9 Å². The number of ether oxygens (including phenoxy) is 2. The number of nitrogens with zero attached hydrogens (tertiary/aromatic N) is 4. The molecule has 7 heteroatoms. The number of piperazine rings is 1. The molecule has 0 unspecified atom stereocenters. The SMILES string of the molecule is CCN1CCN(c2cc(Nc3ccc(OC)c(OC)c3)nc(C)n2)CC1. The molecule has 1 aromatic carbocycles. The van der Waals surface area contributed by atoms with Gasteiger partial charge in [0.2, 0.25) is 0 Å². The Kier molecular flexibility index (Phi) is 5.78. The molecular formula is C19H27N5O2. The largest absolute Gasteiger partial charge is 0.493 e. The maximum Gasteiger partial charge on any atom is 0.162 e. The fourth-order valence-electron chi connectivity index (χ4n) is 3.13. The van der Waals surface area contributed by atoms with Crippen LogP contribution >= 0.6 is 0 Å². The van der Waals surface area contributed by atoms with Crippen molar-refractivity contribution in [2.24, 2.45) is 0 Å². The van der Waals surface area contributed by atoms with E-state index in [1.54, 1.807) is 14.2 Å². The van der Waals surface area contributed by atoms with Crippen LogP contribution in [-0.2, 0) is 0 Å². The minimum atomic E-state index is 0.680. The van der Waals surface area contributed by atoms with Gasteiger partial charge < -0.3 is 24.6 Å². The van der Waals surface area contributed by atoms with Crippen LogP contribution in [0.15, 0.2) is 24.3 Å². The van der Waals surface area contributed by atoms with Crippen LogP contribution in [0.2, 0.25) is 0 Å². The number of benzene rings is 1. The molecule has 26 heavy (non-hydrogen) atoms. The summed E-state index contributed by atoms with van der Waals surface area (Å²) in [5.74, 6) is 3.88. The third-order valence-corrected chi connectivity index (χ3v) is 4.62. The molecule has 140 valence electrons. The first-order chi connectivity index (χ1) is 12.6. The van der Waals surface area contributed by atoms with Crippen molar-refractivity contribution in [2.45, 2.75) is 13.8 Å². The Morgan fingerprint density at radius 1 is 1.00 bits per heavy atom. The lowest BCUT2D eigenvalue weighted by atomic mass is 10.2. The molecule has 0 saturated carbocycles. The van der Waals surface area contributed by atoms with E-state index in [2.05, 4.69) is 32.0 Å². The van der Waals surface area contributed by atoms with Crippen molar-refractivity contribution in [3.63, 3.8) is 0 Å². The third kappa shape index (κ3) is 4.16. The predicted molar refractivity (Wildman–Crippen MR) is 104 cm³/mol. The first-order valence-corrected chi connectivity index (χ1v) is 8.95. The van der Waals surface area contributed by atoms with Gasteiger partial charge in [0.1, 0.15) is 17.5 Å². The molecule has 1 aliphatic rings. The number of aryl methyl sites for hydroxylation is 1. The summed E-state index contributed by atoms with van der Waals surface area (Å²) in [5.41, 5.74) is 0.891. The van der Waals surface area contributed by atoms with E-state index in [1.165, 1.54) is 0 Å². The second-order valence-electron chi connectivity index (χ2n) is 6.27. The van der Waals surface area contributed by atoms with E-state index in [4.69, 9.17) is 9.47 Å². The van der Waals surface area contributed by atoms with Gasteiger partial charge >= 0.3 is 0 Å². The van der Waals surface area contributed by atoms with Crippen molar-refractivity contribution in [3.05, 3.63) is 30.1 Å². The van der Waals surface area contributed by atoms with Gasteiger partial charge in [0, 0.05) is 44.0 Å². The van der Waals surface area contributed by atoms with Crippen molar-refractivity contribution in [2.75, 3.05) is 57.2 Å². The lowest BCUT2D eigenvalue weighted by molar-refractivity contribution is 0.270. The average molecular weight is 357 g/mol. The van der Waals surface area contributed by atoms with E-state index in [9.17, 15) is 0 Å². The lowest BCUT2D eigenvalue weighted by Crippen LogP contribution is -2.46. The van der Waals surface area contributed by atoms with Crippen LogP contribution in [0, 0.1) is 6.92 Å². The third-order valence-electron chi connectivity index (χ3n) is 4.62. The molecule has 0 bridgehead atoms. The average Bonchev–Trinajstić information content (AvgIpc) is 2.67. The topological polar surface area (TPSA) is 62.8 Å². The molecule has 1 aromatic heterocycles. The van der Waals surface area contributed by atoms with E-state index in [1.807, 2.05) is 31.2 Å². The van der Waals surface area contributed by atoms with Crippen LogP contribution in [0.25, 0.3) is 0 Å². The first-order valence-electron chi connectivity index (χ1n) is 8.95. The predicted octanol–water partition coefficient (Wildman–Crippen LogP) is 2.69. The Balaban J connectivity index is 1.78. The van der Waals surface area contributed by atoms with Crippen LogP contribution in [0.1, 0.15) is 12.7 Å². The summed E-state index contributed by atoms with van der Waals surface area (Å²) >= 11 is 0. The van der Waals surface area contributed by atoms with Crippen LogP contribution in [-0.4, -0.2) is 61.8 Å². The molecule has 0 radical (unpaired) electrons. The summed E-state index contributed by atoms with van der Waals surface area (Å²) in [6, 6.07) is 7.72. The van der Waals surface area contributed by atoms with Gasteiger partial charge in [-0.3, -0.25) is 0 Å². The van der Waals surface area contributed by atoms with E-state index in [0.29, 0.717) is 11.5 Å². The van der Waals surface area contributed by atoms with Crippen molar-refractivity contribution < 1.29 is 9.47 Å². The van der Waals surface area contributed by atoms with Gasteiger partial charge in [0.15, 0.2) is 11.5 Å². The monoisotopic (exact) mass is 357 g/mol. The molecule has 1 saturated heterocycles. The smallest absolute Gasteiger partial charge is 0.162 e. The zero-order valence-electron chi connectivity index (χ0n) is 16.0. The highest BCUT2D eigenvalue weighted by Crippen LogP contribution is 2.31. The van der Waals surface area contributed by atoms with Gasteiger partial charge in [0.25, 0.3) is 0 Å². The highest BCUT2D eigenvalue weighted by atomic mass is 16.5. The summed E-state index contributed by atoms with van der Waals surface area (Å²) in [7, 11) is 3.26. The van der Waals surface area contributed by atoms with E-state index >= 15 is 0 Å². The van der Waals surface area contributed by atoms with E-state index in [-0.39, 0.29) is 0 Å². The van der Waals surface area contributed by atoms with E-state index < -0.39 is 0 Å². The van der Waals surface area contributed by atoms with Crippen LogP contribution in [0.4, 0.5) is 17.3 Å². The number of aromatic nitrogens is 2. The van der Waals surface area contributed by atoms with Crippen molar-refractivity contribution in [1.82, 2.24) is 14.9 Å². The van der Waals surface area contributed by atoms with Gasteiger partial charge in [-0.2, -0.15) is 0 Å². The molecule has 0 atom stereocenters. The lowest BCUT2D eigenvalue weighted by Gasteiger charge is -2.34. The second kappa shape index (κ2) is 8.23. The van der Waals surface area contributed by atoms with Crippen LogP contribution in [0.3, 0.4) is 0 Å². The highest BCUT2D eigenvalue weighted by molar-refractivity contribution is 5.63. The number of likely N-dealkylation sites (N-methyl/N-ethyl adjacent to an activating group) is 1. The summed E-state index contributed by atoms with van der Waals surface area (Å²) in [5, 5.41) is 3.35. The van der Waals surface area contributed by atoms with Crippen molar-refractivity contribution in [1.29, 1.82) is 0 Å². The molecule has 0 amide bonds. The minimum Gasteiger partial charge on any atom is -0.493 e. The van der Waals surface area contributed by atoms with Crippen molar-refractivity contribution in [3.8, 4) is 11.5 Å². The normalized spacial score (nSPS) is 15.0. The van der Waals surface area contributed by atoms with Gasteiger partial charge in [-0.25, -0.2) is 9.97 Å². The van der Waals surface area contributed by atoms with Crippen LogP contribution < -0.4 is 19.7 Å². The fraction of sp³-hybridized carbons (Fsp3) is 0.474. The number of hydrogen-bond acceptors (Lipinski definition) is 7. The number of hydrogen-bond donors (Lipinski definition) is 1. The maximum absolute atomic E-state index is 5.37. The fourth-order valence-corrected chi connectivity index (χ4v) is 3.13. The van der Waals surface area contributed by atoms with Crippen molar-refractivity contribution >= 4 is 17.3 Å². The van der Waals surface area contributed by atoms with Gasteiger partial charge in [-0.05, 0) is 25.6 Å². The molecule has 1 aliphatic heterocycles. The molecule has 1 fully saturated rings. The molecule has 1 N–H and O–H groups in total. The Bertz CT molecular complexity index is 745. The Morgan fingerprint density at radius 3 is 2.38 bits per heavy atom. The first kappa shape index (κ1) is 18.3. The molecule has 2 heterocycles.